The molecule has 0 bridgehead atoms. The number of rotatable bonds is 4. The molecular formula is C8H18N2S2. The van der Waals surface area contributed by atoms with Crippen LogP contribution in [0.1, 0.15) is 27.7 Å². The Hall–Kier alpha value is 0.300. The van der Waals surface area contributed by atoms with E-state index in [4.69, 9.17) is 0 Å². The number of hydrogen-bond acceptors (Lipinski definition) is 4. The van der Waals surface area contributed by atoms with Crippen LogP contribution in [0.4, 0.5) is 0 Å². The van der Waals surface area contributed by atoms with Crippen molar-refractivity contribution in [2.45, 2.75) is 37.4 Å². The van der Waals surface area contributed by atoms with Gasteiger partial charge in [0.1, 0.15) is 9.74 Å². The van der Waals surface area contributed by atoms with Crippen LogP contribution < -0.4 is 0 Å². The number of nitrogens with zero attached hydrogens (tertiary/aromatic N) is 2. The van der Waals surface area contributed by atoms with E-state index in [-0.39, 0.29) is 9.74 Å². The fraction of sp³-hybridized carbons (Fsp3) is 1.00. The highest BCUT2D eigenvalue weighted by atomic mass is 32.2. The molecule has 12 heavy (non-hydrogen) atoms. The zero-order valence-electron chi connectivity index (χ0n) is 8.71. The van der Waals surface area contributed by atoms with Gasteiger partial charge in [-0.1, -0.05) is 0 Å². The first kappa shape index (κ1) is 12.3. The van der Waals surface area contributed by atoms with Crippen molar-refractivity contribution in [2.24, 2.45) is 10.2 Å². The Morgan fingerprint density at radius 1 is 0.750 bits per heavy atom. The molecule has 0 aromatic rings. The Morgan fingerprint density at radius 2 is 1.00 bits per heavy atom. The summed E-state index contributed by atoms with van der Waals surface area (Å²) in [5.74, 6) is 0. The maximum Gasteiger partial charge on any atom is 0.121 e. The Bertz CT molecular complexity index is 146. The zero-order valence-corrected chi connectivity index (χ0v) is 10.3. The molecule has 0 unspecified atom stereocenters. The average molecular weight is 206 g/mol. The van der Waals surface area contributed by atoms with Crippen molar-refractivity contribution in [1.82, 2.24) is 0 Å². The molecule has 0 amide bonds. The van der Waals surface area contributed by atoms with Crippen molar-refractivity contribution < 1.29 is 0 Å². The minimum Gasteiger partial charge on any atom is -0.176 e. The van der Waals surface area contributed by atoms with E-state index < -0.39 is 0 Å². The third-order valence-electron chi connectivity index (χ3n) is 1.53. The molecular weight excluding hydrogens is 188 g/mol. The molecule has 0 aromatic heterocycles. The van der Waals surface area contributed by atoms with E-state index in [0.717, 1.165) is 0 Å². The molecule has 0 fully saturated rings. The molecule has 2 nitrogen and oxygen atoms in total. The standard InChI is InChI=1S/C8H18N2S2/c1-7(2,11-5)9-10-8(3,4)12-6/h1-6H3. The van der Waals surface area contributed by atoms with Crippen LogP contribution in [0.3, 0.4) is 0 Å². The normalized spacial score (nSPS) is 14.2. The van der Waals surface area contributed by atoms with E-state index in [0.29, 0.717) is 0 Å². The maximum absolute atomic E-state index is 4.28. The van der Waals surface area contributed by atoms with E-state index in [1.807, 2.05) is 12.5 Å². The van der Waals surface area contributed by atoms with Crippen LogP contribution in [0.15, 0.2) is 10.2 Å². The summed E-state index contributed by atoms with van der Waals surface area (Å²) in [6.07, 6.45) is 4.09. The lowest BCUT2D eigenvalue weighted by Gasteiger charge is -2.19. The Morgan fingerprint density at radius 3 is 1.17 bits per heavy atom. The molecule has 0 rings (SSSR count). The molecule has 0 aromatic carbocycles. The minimum absolute atomic E-state index is 0.0903. The van der Waals surface area contributed by atoms with E-state index in [2.05, 4.69) is 37.9 Å². The van der Waals surface area contributed by atoms with Crippen LogP contribution in [-0.4, -0.2) is 22.3 Å². The Labute approximate surface area is 84.0 Å². The molecule has 0 spiro atoms. The molecule has 0 saturated carbocycles. The molecule has 0 heterocycles. The Balaban J connectivity index is 4.23. The summed E-state index contributed by atoms with van der Waals surface area (Å²) in [4.78, 5) is -0.181. The molecule has 0 aliphatic carbocycles. The third-order valence-corrected chi connectivity index (χ3v) is 3.69. The topological polar surface area (TPSA) is 24.7 Å². The van der Waals surface area contributed by atoms with Gasteiger partial charge in [-0.15, -0.1) is 23.5 Å². The van der Waals surface area contributed by atoms with Crippen LogP contribution in [0.25, 0.3) is 0 Å². The minimum atomic E-state index is -0.0903. The molecule has 4 heteroatoms. The van der Waals surface area contributed by atoms with Crippen molar-refractivity contribution in [2.75, 3.05) is 12.5 Å². The van der Waals surface area contributed by atoms with E-state index in [9.17, 15) is 0 Å². The fourth-order valence-electron chi connectivity index (χ4n) is 0.322. The lowest BCUT2D eigenvalue weighted by molar-refractivity contribution is 0.616. The second-order valence-corrected chi connectivity index (χ2v) is 6.32. The van der Waals surface area contributed by atoms with Crippen LogP contribution in [-0.2, 0) is 0 Å². The summed E-state index contributed by atoms with van der Waals surface area (Å²) in [5, 5.41) is 8.57. The van der Waals surface area contributed by atoms with Gasteiger partial charge in [0.05, 0.1) is 0 Å². The smallest absolute Gasteiger partial charge is 0.121 e. The van der Waals surface area contributed by atoms with Crippen LogP contribution in [0.2, 0.25) is 0 Å². The molecule has 0 N–H and O–H groups in total. The fourth-order valence-corrected chi connectivity index (χ4v) is 0.567. The summed E-state index contributed by atoms with van der Waals surface area (Å²) in [6, 6.07) is 0. The van der Waals surface area contributed by atoms with Crippen LogP contribution >= 0.6 is 23.5 Å². The first-order valence-corrected chi connectivity index (χ1v) is 6.32. The number of thioether (sulfide) groups is 2. The van der Waals surface area contributed by atoms with E-state index in [1.165, 1.54) is 0 Å². The zero-order chi connectivity index (χ0) is 9.83. The van der Waals surface area contributed by atoms with Gasteiger partial charge < -0.3 is 0 Å². The van der Waals surface area contributed by atoms with Crippen molar-refractivity contribution in [1.29, 1.82) is 0 Å². The highest BCUT2D eigenvalue weighted by Crippen LogP contribution is 2.28. The van der Waals surface area contributed by atoms with Gasteiger partial charge in [0, 0.05) is 0 Å². The molecule has 0 radical (unpaired) electrons. The van der Waals surface area contributed by atoms with Gasteiger partial charge in [-0.25, -0.2) is 0 Å². The molecule has 0 saturated heterocycles. The van der Waals surface area contributed by atoms with Gasteiger partial charge in [0.25, 0.3) is 0 Å². The summed E-state index contributed by atoms with van der Waals surface area (Å²) >= 11 is 3.42. The highest BCUT2D eigenvalue weighted by molar-refractivity contribution is 8.00. The van der Waals surface area contributed by atoms with E-state index in [1.54, 1.807) is 23.5 Å². The lowest BCUT2D eigenvalue weighted by Crippen LogP contribution is -2.14. The van der Waals surface area contributed by atoms with Crippen molar-refractivity contribution in [3.8, 4) is 0 Å². The second kappa shape index (κ2) is 4.51. The SMILES string of the molecule is CSC(C)(C)N=NC(C)(C)SC. The highest BCUT2D eigenvalue weighted by Gasteiger charge is 2.18. The molecule has 0 aliphatic rings. The predicted molar refractivity (Wildman–Crippen MR) is 60.0 cm³/mol. The summed E-state index contributed by atoms with van der Waals surface area (Å²) in [5.41, 5.74) is 0. The average Bonchev–Trinajstić information content (AvgIpc) is 2.02. The predicted octanol–water partition coefficient (Wildman–Crippen LogP) is 3.64. The van der Waals surface area contributed by atoms with Gasteiger partial charge in [-0.2, -0.15) is 10.2 Å². The summed E-state index contributed by atoms with van der Waals surface area (Å²) in [6.45, 7) is 8.27. The van der Waals surface area contributed by atoms with Gasteiger partial charge >= 0.3 is 0 Å². The quantitative estimate of drug-likeness (QED) is 0.656. The summed E-state index contributed by atoms with van der Waals surface area (Å²) in [7, 11) is 0. The van der Waals surface area contributed by atoms with Crippen molar-refractivity contribution >= 4 is 23.5 Å². The van der Waals surface area contributed by atoms with Gasteiger partial charge in [-0.3, -0.25) is 0 Å². The first-order chi connectivity index (χ1) is 5.33. The molecule has 72 valence electrons. The van der Waals surface area contributed by atoms with Gasteiger partial charge in [0.15, 0.2) is 0 Å². The van der Waals surface area contributed by atoms with E-state index >= 15 is 0 Å². The third kappa shape index (κ3) is 5.04. The van der Waals surface area contributed by atoms with Crippen molar-refractivity contribution in [3.05, 3.63) is 0 Å². The first-order valence-electron chi connectivity index (χ1n) is 3.87. The molecule has 0 atom stereocenters. The largest absolute Gasteiger partial charge is 0.176 e. The Kier molecular flexibility index (Phi) is 4.62. The second-order valence-electron chi connectivity index (χ2n) is 3.50. The monoisotopic (exact) mass is 206 g/mol. The van der Waals surface area contributed by atoms with Crippen molar-refractivity contribution in [3.63, 3.8) is 0 Å². The lowest BCUT2D eigenvalue weighted by atomic mass is 10.4. The summed E-state index contributed by atoms with van der Waals surface area (Å²) < 4.78 is 0. The maximum atomic E-state index is 4.28. The van der Waals surface area contributed by atoms with Gasteiger partial charge in [-0.05, 0) is 40.2 Å². The number of hydrogen-bond donors (Lipinski definition) is 0. The van der Waals surface area contributed by atoms with Crippen LogP contribution in [0.5, 0.6) is 0 Å². The van der Waals surface area contributed by atoms with Crippen LogP contribution in [0, 0.1) is 0 Å². The van der Waals surface area contributed by atoms with Gasteiger partial charge in [0.2, 0.25) is 0 Å². The number of azo groups is 1. The molecule has 0 aliphatic heterocycles.